The molecule has 1 aromatic heterocycles. The van der Waals surface area contributed by atoms with Crippen molar-refractivity contribution in [2.24, 2.45) is 0 Å². The van der Waals surface area contributed by atoms with E-state index in [1.165, 1.54) is 6.07 Å². The normalized spacial score (nSPS) is 10.5. The molecule has 3 rings (SSSR count). The monoisotopic (exact) mass is 339 g/mol. The minimum atomic E-state index is -0.600. The number of nitrogens with one attached hydrogen (secondary N) is 1. The van der Waals surface area contributed by atoms with Gasteiger partial charge in [0.2, 0.25) is 0 Å². The number of fused-ring (bicyclic) bond motifs is 1. The van der Waals surface area contributed by atoms with Crippen LogP contribution in [0.3, 0.4) is 0 Å². The first-order valence-electron chi connectivity index (χ1n) is 7.66. The Kier molecular flexibility index (Phi) is 4.70. The molecule has 0 atom stereocenters. The number of hydrogen-bond donors (Lipinski definition) is 1. The van der Waals surface area contributed by atoms with Crippen molar-refractivity contribution >= 4 is 22.7 Å². The van der Waals surface area contributed by atoms with Gasteiger partial charge in [-0.25, -0.2) is 9.59 Å². The highest BCUT2D eigenvalue weighted by atomic mass is 16.5. The number of rotatable bonds is 4. The molecule has 1 heterocycles. The van der Waals surface area contributed by atoms with Crippen molar-refractivity contribution in [3.8, 4) is 5.75 Å². The van der Waals surface area contributed by atoms with Crippen molar-refractivity contribution in [1.82, 2.24) is 0 Å². The number of aryl methyl sites for hydroxylation is 1. The number of hydrogen-bond acceptors (Lipinski definition) is 5. The van der Waals surface area contributed by atoms with Crippen molar-refractivity contribution in [3.63, 3.8) is 0 Å². The van der Waals surface area contributed by atoms with Crippen molar-refractivity contribution in [2.45, 2.75) is 13.5 Å². The topological polar surface area (TPSA) is 77.8 Å². The fraction of sp³-hybridized carbons (Fsp3) is 0.158. The van der Waals surface area contributed by atoms with Gasteiger partial charge in [0.1, 0.15) is 17.9 Å². The van der Waals surface area contributed by atoms with E-state index in [1.54, 1.807) is 31.4 Å². The molecule has 0 saturated heterocycles. The lowest BCUT2D eigenvalue weighted by Gasteiger charge is -2.09. The number of carbonyl (C=O) groups is 1. The number of methoxy groups -OCH3 is 1. The molecule has 6 heteroatoms. The summed E-state index contributed by atoms with van der Waals surface area (Å²) in [5.41, 5.74) is 2.10. The van der Waals surface area contributed by atoms with Gasteiger partial charge in [-0.2, -0.15) is 0 Å². The first-order chi connectivity index (χ1) is 12.0. The second kappa shape index (κ2) is 7.09. The highest BCUT2D eigenvalue weighted by Crippen LogP contribution is 2.21. The molecule has 0 aliphatic carbocycles. The molecule has 0 bridgehead atoms. The third-order valence-electron chi connectivity index (χ3n) is 3.70. The minimum Gasteiger partial charge on any atom is -0.497 e. The van der Waals surface area contributed by atoms with Crippen LogP contribution in [-0.4, -0.2) is 13.2 Å². The van der Waals surface area contributed by atoms with Gasteiger partial charge in [0.05, 0.1) is 7.11 Å². The van der Waals surface area contributed by atoms with Crippen LogP contribution in [-0.2, 0) is 11.3 Å². The van der Waals surface area contributed by atoms with Gasteiger partial charge >= 0.3 is 11.7 Å². The van der Waals surface area contributed by atoms with E-state index in [4.69, 9.17) is 13.9 Å². The summed E-state index contributed by atoms with van der Waals surface area (Å²) in [6.07, 6.45) is -0.600. The van der Waals surface area contributed by atoms with E-state index < -0.39 is 11.7 Å². The summed E-state index contributed by atoms with van der Waals surface area (Å²) in [5.74, 6) is 0.696. The van der Waals surface area contributed by atoms with E-state index >= 15 is 0 Å². The second-order valence-corrected chi connectivity index (χ2v) is 5.51. The van der Waals surface area contributed by atoms with E-state index in [0.717, 1.165) is 16.5 Å². The highest BCUT2D eigenvalue weighted by molar-refractivity contribution is 5.89. The molecule has 0 aliphatic heterocycles. The number of ether oxygens (including phenoxy) is 2. The summed E-state index contributed by atoms with van der Waals surface area (Å²) in [6, 6.07) is 13.8. The molecule has 2 aromatic carbocycles. The van der Waals surface area contributed by atoms with Crippen molar-refractivity contribution in [2.75, 3.05) is 12.4 Å². The zero-order valence-corrected chi connectivity index (χ0v) is 13.9. The molecular weight excluding hydrogens is 322 g/mol. The lowest BCUT2D eigenvalue weighted by molar-refractivity contribution is 0.155. The maximum atomic E-state index is 12.0. The van der Waals surface area contributed by atoms with Gasteiger partial charge in [0.25, 0.3) is 0 Å². The first-order valence-corrected chi connectivity index (χ1v) is 7.66. The largest absolute Gasteiger partial charge is 0.497 e. The fourth-order valence-corrected chi connectivity index (χ4v) is 2.47. The molecule has 3 aromatic rings. The number of amides is 1. The summed E-state index contributed by atoms with van der Waals surface area (Å²) in [7, 11) is 1.58. The van der Waals surface area contributed by atoms with Crippen LogP contribution in [0.15, 0.2) is 57.7 Å². The van der Waals surface area contributed by atoms with Crippen molar-refractivity contribution in [3.05, 3.63) is 70.1 Å². The molecule has 0 aliphatic rings. The Morgan fingerprint density at radius 1 is 1.16 bits per heavy atom. The van der Waals surface area contributed by atoms with E-state index in [1.807, 2.05) is 25.1 Å². The van der Waals surface area contributed by atoms with Gasteiger partial charge in [-0.3, -0.25) is 5.32 Å². The lowest BCUT2D eigenvalue weighted by atomic mass is 10.1. The van der Waals surface area contributed by atoms with Crippen LogP contribution in [0.4, 0.5) is 10.5 Å². The first kappa shape index (κ1) is 16.6. The standard InChI is InChI=1S/C19H17NO5/c1-12-8-18(21)25-17-10-14(6-7-16(12)17)20-19(22)24-11-13-4-3-5-15(9-13)23-2/h3-10H,11H2,1-2H3,(H,20,22). The quantitative estimate of drug-likeness (QED) is 0.730. The smallest absolute Gasteiger partial charge is 0.411 e. The van der Waals surface area contributed by atoms with Crippen LogP contribution < -0.4 is 15.7 Å². The Labute approximate surface area is 144 Å². The molecule has 1 N–H and O–H groups in total. The maximum absolute atomic E-state index is 12.0. The van der Waals surface area contributed by atoms with Crippen molar-refractivity contribution < 1.29 is 18.7 Å². The van der Waals surface area contributed by atoms with Crippen LogP contribution in [0.1, 0.15) is 11.1 Å². The third-order valence-corrected chi connectivity index (χ3v) is 3.70. The Bertz CT molecular complexity index is 977. The third kappa shape index (κ3) is 3.98. The predicted molar refractivity (Wildman–Crippen MR) is 94.0 cm³/mol. The molecule has 25 heavy (non-hydrogen) atoms. The van der Waals surface area contributed by atoms with Gasteiger partial charge < -0.3 is 13.9 Å². The number of carbonyl (C=O) groups excluding carboxylic acids is 1. The average Bonchev–Trinajstić information content (AvgIpc) is 2.59. The summed E-state index contributed by atoms with van der Waals surface area (Å²) in [6.45, 7) is 1.94. The van der Waals surface area contributed by atoms with E-state index in [9.17, 15) is 9.59 Å². The fourth-order valence-electron chi connectivity index (χ4n) is 2.47. The Balaban J connectivity index is 1.68. The molecular formula is C19H17NO5. The average molecular weight is 339 g/mol. The van der Waals surface area contributed by atoms with E-state index in [2.05, 4.69) is 5.32 Å². The minimum absolute atomic E-state index is 0.116. The molecule has 0 radical (unpaired) electrons. The molecule has 0 fully saturated rings. The van der Waals surface area contributed by atoms with Gasteiger partial charge in [-0.05, 0) is 42.3 Å². The van der Waals surface area contributed by atoms with Gasteiger partial charge in [0, 0.05) is 23.2 Å². The number of anilines is 1. The molecule has 128 valence electrons. The summed E-state index contributed by atoms with van der Waals surface area (Å²) in [4.78, 5) is 23.4. The molecule has 0 spiro atoms. The molecule has 0 unspecified atom stereocenters. The Hall–Kier alpha value is -3.28. The van der Waals surface area contributed by atoms with Crippen molar-refractivity contribution in [1.29, 1.82) is 0 Å². The number of benzene rings is 2. The summed E-state index contributed by atoms with van der Waals surface area (Å²) < 4.78 is 15.5. The van der Waals surface area contributed by atoms with Crippen LogP contribution in [0.2, 0.25) is 0 Å². The SMILES string of the molecule is COc1cccc(COC(=O)Nc2ccc3c(C)cc(=O)oc3c2)c1. The molecule has 6 nitrogen and oxygen atoms in total. The van der Waals surface area contributed by atoms with Crippen LogP contribution >= 0.6 is 0 Å². The second-order valence-electron chi connectivity index (χ2n) is 5.51. The van der Waals surface area contributed by atoms with Gasteiger partial charge in [-0.1, -0.05) is 12.1 Å². The maximum Gasteiger partial charge on any atom is 0.411 e. The van der Waals surface area contributed by atoms with Crippen LogP contribution in [0.5, 0.6) is 5.75 Å². The summed E-state index contributed by atoms with van der Waals surface area (Å²) >= 11 is 0. The Morgan fingerprint density at radius 2 is 2.00 bits per heavy atom. The molecule has 0 saturated carbocycles. The zero-order chi connectivity index (χ0) is 17.8. The van der Waals surface area contributed by atoms with Gasteiger partial charge in [0.15, 0.2) is 0 Å². The highest BCUT2D eigenvalue weighted by Gasteiger charge is 2.07. The van der Waals surface area contributed by atoms with Crippen LogP contribution in [0, 0.1) is 6.92 Å². The van der Waals surface area contributed by atoms with E-state index in [-0.39, 0.29) is 6.61 Å². The zero-order valence-electron chi connectivity index (χ0n) is 13.9. The Morgan fingerprint density at radius 3 is 2.80 bits per heavy atom. The molecule has 1 amide bonds. The summed E-state index contributed by atoms with van der Waals surface area (Å²) in [5, 5.41) is 3.43. The van der Waals surface area contributed by atoms with Crippen LogP contribution in [0.25, 0.3) is 11.0 Å². The lowest BCUT2D eigenvalue weighted by Crippen LogP contribution is -2.13. The van der Waals surface area contributed by atoms with Gasteiger partial charge in [-0.15, -0.1) is 0 Å². The predicted octanol–water partition coefficient (Wildman–Crippen LogP) is 3.86. The van der Waals surface area contributed by atoms with E-state index in [0.29, 0.717) is 17.0 Å².